The van der Waals surface area contributed by atoms with Crippen LogP contribution >= 0.6 is 39.1 Å². The number of nitrogens with zero attached hydrogens (tertiary/aromatic N) is 1. The monoisotopic (exact) mass is 605 g/mol. The van der Waals surface area contributed by atoms with Gasteiger partial charge < -0.3 is 14.8 Å². The molecule has 0 saturated carbocycles. The molecule has 0 aliphatic heterocycles. The normalized spacial score (nSPS) is 12.6. The molecular formula is C27H26BrCl2N3O4. The van der Waals surface area contributed by atoms with Gasteiger partial charge in [-0.15, -0.1) is 0 Å². The lowest BCUT2D eigenvalue weighted by Crippen LogP contribution is -2.50. The van der Waals surface area contributed by atoms with E-state index in [0.29, 0.717) is 23.1 Å². The topological polar surface area (TPSA) is 89.0 Å². The van der Waals surface area contributed by atoms with Crippen LogP contribution in [0.4, 0.5) is 0 Å². The number of amides is 2. The second-order valence-corrected chi connectivity index (χ2v) is 9.64. The zero-order valence-electron chi connectivity index (χ0n) is 20.2. The highest BCUT2D eigenvalue weighted by Crippen LogP contribution is 2.28. The summed E-state index contributed by atoms with van der Waals surface area (Å²) in [6.07, 6.45) is 0.847. The number of benzene rings is 3. The van der Waals surface area contributed by atoms with E-state index in [0.717, 1.165) is 15.6 Å². The van der Waals surface area contributed by atoms with Gasteiger partial charge in [0.15, 0.2) is 6.10 Å². The third-order valence-corrected chi connectivity index (χ3v) is 6.28. The largest absolute Gasteiger partial charge is 0.493 e. The van der Waals surface area contributed by atoms with E-state index in [4.69, 9.17) is 32.7 Å². The molecule has 0 saturated heterocycles. The Morgan fingerprint density at radius 2 is 1.76 bits per heavy atom. The number of nitrogens with one attached hydrogen (secondary N) is 2. The summed E-state index contributed by atoms with van der Waals surface area (Å²) in [5.74, 6) is 0.0612. The molecule has 0 fully saturated rings. The van der Waals surface area contributed by atoms with E-state index in [-0.39, 0.29) is 11.4 Å². The van der Waals surface area contributed by atoms with Crippen molar-refractivity contribution in [1.29, 1.82) is 0 Å². The fourth-order valence-corrected chi connectivity index (χ4v) is 4.25. The molecule has 194 valence electrons. The van der Waals surface area contributed by atoms with Gasteiger partial charge in [-0.05, 0) is 77.3 Å². The first-order valence-corrected chi connectivity index (χ1v) is 13.0. The number of hydrogen-bond acceptors (Lipinski definition) is 5. The minimum Gasteiger partial charge on any atom is -0.493 e. The number of ether oxygens (including phenoxy) is 2. The van der Waals surface area contributed by atoms with Gasteiger partial charge >= 0.3 is 0 Å². The molecule has 2 amide bonds. The summed E-state index contributed by atoms with van der Waals surface area (Å²) in [7, 11) is 0. The van der Waals surface area contributed by atoms with Crippen LogP contribution in [0, 0.1) is 0 Å². The van der Waals surface area contributed by atoms with Gasteiger partial charge in [-0.25, -0.2) is 5.43 Å². The van der Waals surface area contributed by atoms with Crippen LogP contribution in [0.25, 0.3) is 0 Å². The zero-order valence-corrected chi connectivity index (χ0v) is 23.3. The molecule has 0 aromatic heterocycles. The van der Waals surface area contributed by atoms with E-state index >= 15 is 0 Å². The van der Waals surface area contributed by atoms with Crippen molar-refractivity contribution < 1.29 is 19.1 Å². The average molecular weight is 607 g/mol. The molecule has 0 spiro atoms. The number of hydrogen-bond donors (Lipinski definition) is 2. The van der Waals surface area contributed by atoms with E-state index in [9.17, 15) is 9.59 Å². The SMILES string of the molecule is CCOc1ccc(/C=N\NC(=O)[C@H](Cc2ccccc2)NC(=O)[C@H](C)Oc2ccc(Cl)cc2Cl)cc1Br. The van der Waals surface area contributed by atoms with Crippen molar-refractivity contribution in [2.45, 2.75) is 32.4 Å². The Balaban J connectivity index is 1.68. The molecule has 0 radical (unpaired) electrons. The minimum atomic E-state index is -0.922. The van der Waals surface area contributed by atoms with E-state index < -0.39 is 24.0 Å². The Kier molecular flexibility index (Phi) is 10.8. The smallest absolute Gasteiger partial charge is 0.262 e. The highest BCUT2D eigenvalue weighted by atomic mass is 79.9. The fraction of sp³-hybridized carbons (Fsp3) is 0.222. The number of hydrazone groups is 1. The molecule has 10 heteroatoms. The second kappa shape index (κ2) is 14.0. The predicted molar refractivity (Wildman–Crippen MR) is 150 cm³/mol. The number of rotatable bonds is 11. The molecule has 0 bridgehead atoms. The lowest BCUT2D eigenvalue weighted by molar-refractivity contribution is -0.132. The van der Waals surface area contributed by atoms with Gasteiger partial charge in [0.25, 0.3) is 11.8 Å². The first-order chi connectivity index (χ1) is 17.8. The van der Waals surface area contributed by atoms with Crippen LogP contribution in [-0.2, 0) is 16.0 Å². The van der Waals surface area contributed by atoms with Crippen LogP contribution < -0.4 is 20.2 Å². The van der Waals surface area contributed by atoms with Crippen molar-refractivity contribution in [3.63, 3.8) is 0 Å². The Morgan fingerprint density at radius 1 is 1.03 bits per heavy atom. The van der Waals surface area contributed by atoms with Crippen molar-refractivity contribution in [3.8, 4) is 11.5 Å². The quantitative estimate of drug-likeness (QED) is 0.213. The third-order valence-electron chi connectivity index (χ3n) is 5.13. The lowest BCUT2D eigenvalue weighted by atomic mass is 10.1. The summed E-state index contributed by atoms with van der Waals surface area (Å²) in [6.45, 7) is 4.02. The zero-order chi connectivity index (χ0) is 26.8. The molecule has 37 heavy (non-hydrogen) atoms. The van der Waals surface area contributed by atoms with Gasteiger partial charge in [-0.3, -0.25) is 9.59 Å². The number of halogens is 3. The van der Waals surface area contributed by atoms with Crippen molar-refractivity contribution in [2.24, 2.45) is 5.10 Å². The fourth-order valence-electron chi connectivity index (χ4n) is 3.28. The summed E-state index contributed by atoms with van der Waals surface area (Å²) in [4.78, 5) is 25.9. The molecule has 3 rings (SSSR count). The van der Waals surface area contributed by atoms with Crippen LogP contribution in [0.1, 0.15) is 25.0 Å². The molecule has 0 heterocycles. The Labute approximate surface area is 234 Å². The van der Waals surface area contributed by atoms with Crippen LogP contribution in [0.15, 0.2) is 76.3 Å². The summed E-state index contributed by atoms with van der Waals surface area (Å²) in [5, 5.41) is 7.54. The van der Waals surface area contributed by atoms with Gasteiger partial charge in [0.1, 0.15) is 17.5 Å². The van der Waals surface area contributed by atoms with Crippen molar-refractivity contribution in [2.75, 3.05) is 6.61 Å². The summed E-state index contributed by atoms with van der Waals surface area (Å²) in [6, 6.07) is 18.6. The minimum absolute atomic E-state index is 0.261. The maximum atomic E-state index is 13.0. The predicted octanol–water partition coefficient (Wildman–Crippen LogP) is 5.80. The van der Waals surface area contributed by atoms with Crippen molar-refractivity contribution in [3.05, 3.63) is 92.4 Å². The first-order valence-electron chi connectivity index (χ1n) is 11.5. The van der Waals surface area contributed by atoms with E-state index in [2.05, 4.69) is 31.8 Å². The second-order valence-electron chi connectivity index (χ2n) is 7.94. The van der Waals surface area contributed by atoms with Crippen LogP contribution in [0.3, 0.4) is 0 Å². The molecule has 2 N–H and O–H groups in total. The van der Waals surface area contributed by atoms with Gasteiger partial charge in [0, 0.05) is 11.4 Å². The summed E-state index contributed by atoms with van der Waals surface area (Å²) in [5.41, 5.74) is 4.14. The third kappa shape index (κ3) is 8.77. The number of carbonyl (C=O) groups is 2. The molecule has 0 unspecified atom stereocenters. The van der Waals surface area contributed by atoms with Crippen LogP contribution in [0.5, 0.6) is 11.5 Å². The molecular weight excluding hydrogens is 581 g/mol. The molecule has 7 nitrogen and oxygen atoms in total. The highest BCUT2D eigenvalue weighted by molar-refractivity contribution is 9.10. The molecule has 2 atom stereocenters. The highest BCUT2D eigenvalue weighted by Gasteiger charge is 2.25. The Hall–Kier alpha value is -3.07. The Morgan fingerprint density at radius 3 is 2.43 bits per heavy atom. The number of carbonyl (C=O) groups excluding carboxylic acids is 2. The van der Waals surface area contributed by atoms with Crippen molar-refractivity contribution >= 4 is 57.2 Å². The maximum absolute atomic E-state index is 13.0. The van der Waals surface area contributed by atoms with Gasteiger partial charge in [0.05, 0.1) is 22.3 Å². The van der Waals surface area contributed by atoms with E-state index in [1.807, 2.05) is 55.5 Å². The average Bonchev–Trinajstić information content (AvgIpc) is 2.87. The first kappa shape index (κ1) is 28.5. The molecule has 3 aromatic rings. The Bertz CT molecular complexity index is 1260. The summed E-state index contributed by atoms with van der Waals surface area (Å²) < 4.78 is 12.0. The summed E-state index contributed by atoms with van der Waals surface area (Å²) >= 11 is 15.5. The van der Waals surface area contributed by atoms with Gasteiger partial charge in [0.2, 0.25) is 0 Å². The van der Waals surface area contributed by atoms with Crippen molar-refractivity contribution in [1.82, 2.24) is 10.7 Å². The van der Waals surface area contributed by atoms with E-state index in [1.54, 1.807) is 19.1 Å². The van der Waals surface area contributed by atoms with Crippen LogP contribution in [0.2, 0.25) is 10.0 Å². The van der Waals surface area contributed by atoms with Gasteiger partial charge in [-0.2, -0.15) is 5.10 Å². The molecule has 0 aliphatic rings. The standard InChI is InChI=1S/C27H26BrCl2N3O4/c1-3-36-24-11-9-19(13-21(24)28)16-31-33-27(35)23(14-18-7-5-4-6-8-18)32-26(34)17(2)37-25-12-10-20(29)15-22(25)30/h4-13,15-17,23H,3,14H2,1-2H3,(H,32,34)(H,33,35)/b31-16-/t17-,23-/m0/s1. The molecule has 0 aliphatic carbocycles. The van der Waals surface area contributed by atoms with Crippen LogP contribution in [-0.4, -0.2) is 36.8 Å². The van der Waals surface area contributed by atoms with Gasteiger partial charge in [-0.1, -0.05) is 53.5 Å². The van der Waals surface area contributed by atoms with E-state index in [1.165, 1.54) is 12.3 Å². The maximum Gasteiger partial charge on any atom is 0.262 e. The lowest BCUT2D eigenvalue weighted by Gasteiger charge is -2.21. The molecule has 3 aromatic carbocycles.